The molecule has 1 aromatic carbocycles. The Hall–Kier alpha value is -2.24. The molecule has 1 rings (SSSR count). The number of rotatable bonds is 2. The number of carbonyl (C=O) groups is 2. The molecule has 0 saturated heterocycles. The van der Waals surface area contributed by atoms with Crippen LogP contribution in [0.15, 0.2) is 12.1 Å². The molecule has 0 saturated carbocycles. The largest absolute Gasteiger partial charge is 0.507 e. The van der Waals surface area contributed by atoms with E-state index >= 15 is 0 Å². The van der Waals surface area contributed by atoms with Crippen LogP contribution in [0.1, 0.15) is 17.3 Å². The summed E-state index contributed by atoms with van der Waals surface area (Å²) in [6, 6.07) is 2.37. The molecule has 0 spiro atoms. The first kappa shape index (κ1) is 10.8. The molecule has 0 unspecified atom stereocenters. The van der Waals surface area contributed by atoms with Crippen molar-refractivity contribution in [1.29, 1.82) is 0 Å². The molecule has 15 heavy (non-hydrogen) atoms. The standard InChI is InChI=1S/C9H10N2O4/c1-4(12)11-6-2-5(10)3-7(13)8(6)9(14)15/h2-3,13H,10H2,1H3,(H,11,12)(H,14,15). The second kappa shape index (κ2) is 3.87. The molecular weight excluding hydrogens is 200 g/mol. The number of benzene rings is 1. The second-order valence-electron chi connectivity index (χ2n) is 2.95. The number of anilines is 2. The van der Waals surface area contributed by atoms with Crippen molar-refractivity contribution >= 4 is 23.3 Å². The Morgan fingerprint density at radius 3 is 2.47 bits per heavy atom. The predicted octanol–water partition coefficient (Wildman–Crippen LogP) is 0.631. The number of aromatic carboxylic acids is 1. The monoisotopic (exact) mass is 210 g/mol. The van der Waals surface area contributed by atoms with Gasteiger partial charge in [-0.15, -0.1) is 0 Å². The summed E-state index contributed by atoms with van der Waals surface area (Å²) in [4.78, 5) is 21.6. The normalized spacial score (nSPS) is 9.67. The fourth-order valence-corrected chi connectivity index (χ4v) is 1.16. The average molecular weight is 210 g/mol. The summed E-state index contributed by atoms with van der Waals surface area (Å²) >= 11 is 0. The summed E-state index contributed by atoms with van der Waals surface area (Å²) in [7, 11) is 0. The molecule has 0 aromatic heterocycles. The van der Waals surface area contributed by atoms with Crippen LogP contribution in [-0.2, 0) is 4.79 Å². The number of amides is 1. The lowest BCUT2D eigenvalue weighted by Crippen LogP contribution is -2.11. The summed E-state index contributed by atoms with van der Waals surface area (Å²) < 4.78 is 0. The number of carboxylic acids is 1. The van der Waals surface area contributed by atoms with Gasteiger partial charge >= 0.3 is 5.97 Å². The smallest absolute Gasteiger partial charge is 0.341 e. The van der Waals surface area contributed by atoms with E-state index in [0.717, 1.165) is 6.07 Å². The van der Waals surface area contributed by atoms with E-state index in [9.17, 15) is 14.7 Å². The SMILES string of the molecule is CC(=O)Nc1cc(N)cc(O)c1C(=O)O. The molecule has 0 radical (unpaired) electrons. The van der Waals surface area contributed by atoms with E-state index in [-0.39, 0.29) is 16.9 Å². The van der Waals surface area contributed by atoms with Crippen LogP contribution in [0.25, 0.3) is 0 Å². The number of carboxylic acid groups (broad SMARTS) is 1. The van der Waals surface area contributed by atoms with E-state index in [2.05, 4.69) is 5.32 Å². The van der Waals surface area contributed by atoms with Gasteiger partial charge in [0.2, 0.25) is 5.91 Å². The lowest BCUT2D eigenvalue weighted by molar-refractivity contribution is -0.114. The van der Waals surface area contributed by atoms with Crippen LogP contribution in [0, 0.1) is 0 Å². The number of nitrogens with two attached hydrogens (primary N) is 1. The molecule has 6 nitrogen and oxygen atoms in total. The maximum atomic E-state index is 10.8. The van der Waals surface area contributed by atoms with Gasteiger partial charge in [0, 0.05) is 18.7 Å². The number of nitrogen functional groups attached to an aromatic ring is 1. The number of phenols is 1. The Balaban J connectivity index is 3.33. The van der Waals surface area contributed by atoms with Crippen molar-refractivity contribution in [3.63, 3.8) is 0 Å². The highest BCUT2D eigenvalue weighted by molar-refractivity contribution is 6.02. The fourth-order valence-electron chi connectivity index (χ4n) is 1.16. The zero-order chi connectivity index (χ0) is 11.6. The van der Waals surface area contributed by atoms with Gasteiger partial charge < -0.3 is 21.3 Å². The second-order valence-corrected chi connectivity index (χ2v) is 2.95. The van der Waals surface area contributed by atoms with Crippen molar-refractivity contribution in [2.45, 2.75) is 6.92 Å². The number of nitrogens with one attached hydrogen (secondary N) is 1. The lowest BCUT2D eigenvalue weighted by atomic mass is 10.1. The van der Waals surface area contributed by atoms with E-state index in [0.29, 0.717) is 0 Å². The van der Waals surface area contributed by atoms with Crippen molar-refractivity contribution in [2.24, 2.45) is 0 Å². The van der Waals surface area contributed by atoms with Gasteiger partial charge in [0.15, 0.2) is 0 Å². The highest BCUT2D eigenvalue weighted by atomic mass is 16.4. The number of hydrogen-bond acceptors (Lipinski definition) is 4. The van der Waals surface area contributed by atoms with Gasteiger partial charge in [-0.1, -0.05) is 0 Å². The third-order valence-corrected chi connectivity index (χ3v) is 1.66. The van der Waals surface area contributed by atoms with E-state index in [1.165, 1.54) is 13.0 Å². The topological polar surface area (TPSA) is 113 Å². The maximum Gasteiger partial charge on any atom is 0.341 e. The number of aromatic hydroxyl groups is 1. The van der Waals surface area contributed by atoms with E-state index in [1.54, 1.807) is 0 Å². The van der Waals surface area contributed by atoms with Crippen LogP contribution in [0.5, 0.6) is 5.75 Å². The van der Waals surface area contributed by atoms with Gasteiger partial charge in [-0.25, -0.2) is 4.79 Å². The van der Waals surface area contributed by atoms with E-state index < -0.39 is 17.6 Å². The molecule has 0 bridgehead atoms. The third-order valence-electron chi connectivity index (χ3n) is 1.66. The average Bonchev–Trinajstić information content (AvgIpc) is 1.99. The maximum absolute atomic E-state index is 10.8. The van der Waals surface area contributed by atoms with Crippen LogP contribution in [0.4, 0.5) is 11.4 Å². The van der Waals surface area contributed by atoms with Crippen molar-refractivity contribution in [1.82, 2.24) is 0 Å². The minimum absolute atomic E-state index is 0.0208. The Kier molecular flexibility index (Phi) is 2.80. The molecule has 1 amide bonds. The molecule has 0 aliphatic carbocycles. The zero-order valence-electron chi connectivity index (χ0n) is 7.94. The van der Waals surface area contributed by atoms with E-state index in [4.69, 9.17) is 10.8 Å². The quantitative estimate of drug-likeness (QED) is 0.535. The highest BCUT2D eigenvalue weighted by Gasteiger charge is 2.17. The molecule has 80 valence electrons. The van der Waals surface area contributed by atoms with E-state index in [1.807, 2.05) is 0 Å². The molecule has 6 heteroatoms. The summed E-state index contributed by atoms with van der Waals surface area (Å²) in [6.45, 7) is 1.23. The minimum atomic E-state index is -1.34. The molecule has 5 N–H and O–H groups in total. The Morgan fingerprint density at radius 2 is 2.00 bits per heavy atom. The fraction of sp³-hybridized carbons (Fsp3) is 0.111. The van der Waals surface area contributed by atoms with Crippen molar-refractivity contribution in [3.8, 4) is 5.75 Å². The van der Waals surface area contributed by atoms with Gasteiger partial charge in [0.1, 0.15) is 11.3 Å². The first-order valence-corrected chi connectivity index (χ1v) is 4.05. The molecule has 0 atom stereocenters. The third kappa shape index (κ3) is 2.37. The summed E-state index contributed by atoms with van der Waals surface area (Å²) in [5, 5.41) is 20.4. The predicted molar refractivity (Wildman–Crippen MR) is 53.8 cm³/mol. The van der Waals surface area contributed by atoms with Gasteiger partial charge in [-0.2, -0.15) is 0 Å². The van der Waals surface area contributed by atoms with Crippen LogP contribution in [-0.4, -0.2) is 22.1 Å². The van der Waals surface area contributed by atoms with Crippen molar-refractivity contribution < 1.29 is 19.8 Å². The Labute approximate surface area is 85.3 Å². The molecule has 1 aromatic rings. The van der Waals surface area contributed by atoms with Crippen molar-refractivity contribution in [3.05, 3.63) is 17.7 Å². The molecule has 0 aliphatic heterocycles. The first-order chi connectivity index (χ1) is 6.91. The summed E-state index contributed by atoms with van der Waals surface area (Å²) in [5.41, 5.74) is 5.17. The van der Waals surface area contributed by atoms with Crippen molar-refractivity contribution in [2.75, 3.05) is 11.1 Å². The van der Waals surface area contributed by atoms with Gasteiger partial charge in [-0.3, -0.25) is 4.79 Å². The zero-order valence-corrected chi connectivity index (χ0v) is 7.94. The molecular formula is C9H10N2O4. The molecule has 0 heterocycles. The number of hydrogen-bond donors (Lipinski definition) is 4. The van der Waals surface area contributed by atoms with Gasteiger partial charge in [0.05, 0.1) is 5.69 Å². The van der Waals surface area contributed by atoms with Crippen LogP contribution < -0.4 is 11.1 Å². The van der Waals surface area contributed by atoms with Crippen LogP contribution in [0.3, 0.4) is 0 Å². The Bertz CT molecular complexity index is 428. The molecule has 0 fully saturated rings. The molecule has 0 aliphatic rings. The Morgan fingerprint density at radius 1 is 1.40 bits per heavy atom. The lowest BCUT2D eigenvalue weighted by Gasteiger charge is -2.09. The summed E-state index contributed by atoms with van der Waals surface area (Å²) in [5.74, 6) is -2.26. The van der Waals surface area contributed by atoms with Gasteiger partial charge in [0.25, 0.3) is 0 Å². The summed E-state index contributed by atoms with van der Waals surface area (Å²) in [6.07, 6.45) is 0. The highest BCUT2D eigenvalue weighted by Crippen LogP contribution is 2.28. The number of carbonyl (C=O) groups excluding carboxylic acids is 1. The van der Waals surface area contributed by atoms with Gasteiger partial charge in [-0.05, 0) is 6.07 Å². The van der Waals surface area contributed by atoms with Crippen LogP contribution in [0.2, 0.25) is 0 Å². The van der Waals surface area contributed by atoms with Crippen LogP contribution >= 0.6 is 0 Å². The first-order valence-electron chi connectivity index (χ1n) is 4.05. The minimum Gasteiger partial charge on any atom is -0.507 e.